The van der Waals surface area contributed by atoms with Crippen molar-refractivity contribution in [2.24, 2.45) is 4.99 Å². The van der Waals surface area contributed by atoms with Gasteiger partial charge in [-0.2, -0.15) is 0 Å². The molecule has 3 rings (SSSR count). The number of benzene rings is 1. The lowest BCUT2D eigenvalue weighted by Crippen LogP contribution is -2.49. The molecule has 1 fully saturated rings. The second-order valence-electron chi connectivity index (χ2n) is 7.77. The van der Waals surface area contributed by atoms with Crippen molar-refractivity contribution < 1.29 is 9.13 Å². The third-order valence-electron chi connectivity index (χ3n) is 5.21. The lowest BCUT2D eigenvalue weighted by molar-refractivity contribution is 0.167. The summed E-state index contributed by atoms with van der Waals surface area (Å²) in [5.74, 6) is 1.31. The highest BCUT2D eigenvalue weighted by molar-refractivity contribution is 5.80. The molecule has 0 atom stereocenters. The quantitative estimate of drug-likeness (QED) is 0.532. The van der Waals surface area contributed by atoms with Gasteiger partial charge >= 0.3 is 0 Å². The average Bonchev–Trinajstić information content (AvgIpc) is 2.73. The van der Waals surface area contributed by atoms with Gasteiger partial charge in [0, 0.05) is 49.5 Å². The predicted octanol–water partition coefficient (Wildman–Crippen LogP) is 3.94. The molecule has 0 saturated carbocycles. The van der Waals surface area contributed by atoms with E-state index in [4.69, 9.17) is 9.73 Å². The summed E-state index contributed by atoms with van der Waals surface area (Å²) >= 11 is 0. The van der Waals surface area contributed by atoms with E-state index < -0.39 is 0 Å². The zero-order chi connectivity index (χ0) is 21.3. The third kappa shape index (κ3) is 6.42. The number of hydrogen-bond acceptors (Lipinski definition) is 4. The number of pyridine rings is 1. The first-order chi connectivity index (χ1) is 14.5. The smallest absolute Gasteiger partial charge is 0.224 e. The summed E-state index contributed by atoms with van der Waals surface area (Å²) in [5, 5.41) is 6.89. The Labute approximate surface area is 178 Å². The molecule has 0 spiro atoms. The first kappa shape index (κ1) is 22.0. The maximum atomic E-state index is 13.5. The van der Waals surface area contributed by atoms with Crippen LogP contribution in [0.15, 0.2) is 47.6 Å². The minimum atomic E-state index is -0.342. The second kappa shape index (κ2) is 10.9. The van der Waals surface area contributed by atoms with Gasteiger partial charge in [0.1, 0.15) is 11.6 Å². The number of rotatable bonds is 7. The van der Waals surface area contributed by atoms with E-state index in [1.54, 1.807) is 18.3 Å². The number of nitrogens with zero attached hydrogens (tertiary/aromatic N) is 3. The lowest BCUT2D eigenvalue weighted by atomic mass is 10.0. The molecular formula is C23H32FN5O. The molecule has 0 amide bonds. The molecule has 1 aromatic heterocycles. The third-order valence-corrected chi connectivity index (χ3v) is 5.21. The molecule has 0 radical (unpaired) electrons. The predicted molar refractivity (Wildman–Crippen MR) is 118 cm³/mol. The van der Waals surface area contributed by atoms with E-state index in [9.17, 15) is 4.39 Å². The summed E-state index contributed by atoms with van der Waals surface area (Å²) in [7, 11) is 0. The molecule has 1 aliphatic rings. The van der Waals surface area contributed by atoms with Gasteiger partial charge in [-0.1, -0.05) is 12.1 Å². The Morgan fingerprint density at radius 3 is 2.77 bits per heavy atom. The van der Waals surface area contributed by atoms with E-state index in [1.165, 1.54) is 12.1 Å². The summed E-state index contributed by atoms with van der Waals surface area (Å²) in [6, 6.07) is 10.8. The Bertz CT molecular complexity index is 834. The van der Waals surface area contributed by atoms with Crippen LogP contribution >= 0.6 is 0 Å². The Morgan fingerprint density at radius 1 is 1.27 bits per heavy atom. The number of aromatic nitrogens is 1. The molecule has 0 unspecified atom stereocenters. The van der Waals surface area contributed by atoms with Crippen LogP contribution in [-0.2, 0) is 6.54 Å². The number of hydrogen-bond donors (Lipinski definition) is 2. The maximum absolute atomic E-state index is 13.5. The van der Waals surface area contributed by atoms with E-state index >= 15 is 0 Å². The zero-order valence-electron chi connectivity index (χ0n) is 18.1. The second-order valence-corrected chi connectivity index (χ2v) is 7.77. The highest BCUT2D eigenvalue weighted by atomic mass is 19.1. The van der Waals surface area contributed by atoms with E-state index in [-0.39, 0.29) is 5.82 Å². The van der Waals surface area contributed by atoms with Crippen molar-refractivity contribution in [3.05, 3.63) is 54.0 Å². The highest BCUT2D eigenvalue weighted by Crippen LogP contribution is 2.24. The van der Waals surface area contributed by atoms with Gasteiger partial charge in [0.15, 0.2) is 5.96 Å². The van der Waals surface area contributed by atoms with E-state index in [2.05, 4.69) is 41.3 Å². The van der Waals surface area contributed by atoms with Crippen LogP contribution in [0.1, 0.15) is 39.2 Å². The van der Waals surface area contributed by atoms with Gasteiger partial charge in [0.25, 0.3) is 0 Å². The van der Waals surface area contributed by atoms with Crippen molar-refractivity contribution in [1.82, 2.24) is 20.5 Å². The van der Waals surface area contributed by atoms with Crippen LogP contribution in [0.5, 0.6) is 11.6 Å². The largest absolute Gasteiger partial charge is 0.439 e. The van der Waals surface area contributed by atoms with Crippen LogP contribution < -0.4 is 15.4 Å². The van der Waals surface area contributed by atoms with Gasteiger partial charge in [-0.3, -0.25) is 0 Å². The zero-order valence-corrected chi connectivity index (χ0v) is 18.1. The van der Waals surface area contributed by atoms with Crippen LogP contribution in [0.25, 0.3) is 0 Å². The molecule has 162 valence electrons. The number of halogens is 1. The van der Waals surface area contributed by atoms with Gasteiger partial charge in [0.05, 0.1) is 6.54 Å². The van der Waals surface area contributed by atoms with Crippen LogP contribution in [-0.4, -0.2) is 47.6 Å². The number of aliphatic imine (C=N–C) groups is 1. The van der Waals surface area contributed by atoms with Crippen LogP contribution in [0.3, 0.4) is 0 Å². The van der Waals surface area contributed by atoms with Gasteiger partial charge in [0.2, 0.25) is 5.88 Å². The van der Waals surface area contributed by atoms with Crippen LogP contribution in [0.2, 0.25) is 0 Å². The Morgan fingerprint density at radius 2 is 2.07 bits per heavy atom. The molecule has 2 N–H and O–H groups in total. The molecule has 2 aromatic rings. The lowest BCUT2D eigenvalue weighted by Gasteiger charge is -2.35. The monoisotopic (exact) mass is 413 g/mol. The summed E-state index contributed by atoms with van der Waals surface area (Å²) in [6.45, 7) is 9.95. The topological polar surface area (TPSA) is 61.8 Å². The molecular weight excluding hydrogens is 381 g/mol. The number of piperidine rings is 1. The molecule has 7 heteroatoms. The molecule has 30 heavy (non-hydrogen) atoms. The van der Waals surface area contributed by atoms with Crippen molar-refractivity contribution in [2.45, 2.75) is 52.2 Å². The fourth-order valence-electron chi connectivity index (χ4n) is 3.52. The molecule has 1 aliphatic heterocycles. The standard InChI is InChI=1S/C23H32FN5O/c1-4-25-23(28-20-10-13-29(14-11-20)17(2)3)27-16-18-7-6-12-26-22(18)30-21-9-5-8-19(24)15-21/h5-9,12,15,17,20H,4,10-11,13-14,16H2,1-3H3,(H2,25,27,28). The maximum Gasteiger partial charge on any atom is 0.224 e. The Hall–Kier alpha value is -2.67. The summed E-state index contributed by atoms with van der Waals surface area (Å²) in [4.78, 5) is 11.6. The normalized spacial score (nSPS) is 16.0. The van der Waals surface area contributed by atoms with Crippen LogP contribution in [0, 0.1) is 5.82 Å². The highest BCUT2D eigenvalue weighted by Gasteiger charge is 2.21. The fraction of sp³-hybridized carbons (Fsp3) is 0.478. The van der Waals surface area contributed by atoms with Gasteiger partial charge in [-0.05, 0) is 51.8 Å². The van der Waals surface area contributed by atoms with E-state index in [0.29, 0.717) is 30.3 Å². The first-order valence-electron chi connectivity index (χ1n) is 10.7. The summed E-state index contributed by atoms with van der Waals surface area (Å²) in [5.41, 5.74) is 0.841. The van der Waals surface area contributed by atoms with Crippen molar-refractivity contribution >= 4 is 5.96 Å². The van der Waals surface area contributed by atoms with Crippen molar-refractivity contribution in [2.75, 3.05) is 19.6 Å². The van der Waals surface area contributed by atoms with E-state index in [1.807, 2.05) is 12.1 Å². The molecule has 2 heterocycles. The van der Waals surface area contributed by atoms with Crippen molar-refractivity contribution in [3.63, 3.8) is 0 Å². The van der Waals surface area contributed by atoms with Gasteiger partial charge in [-0.25, -0.2) is 14.4 Å². The van der Waals surface area contributed by atoms with E-state index in [0.717, 1.165) is 44.0 Å². The molecule has 6 nitrogen and oxygen atoms in total. The van der Waals surface area contributed by atoms with Gasteiger partial charge < -0.3 is 20.3 Å². The number of nitrogens with one attached hydrogen (secondary N) is 2. The van der Waals surface area contributed by atoms with Gasteiger partial charge in [-0.15, -0.1) is 0 Å². The SMILES string of the molecule is CCNC(=NCc1cccnc1Oc1cccc(F)c1)NC1CCN(C(C)C)CC1. The Kier molecular flexibility index (Phi) is 8.02. The number of likely N-dealkylation sites (tertiary alicyclic amines) is 1. The average molecular weight is 414 g/mol. The summed E-state index contributed by atoms with van der Waals surface area (Å²) < 4.78 is 19.3. The molecule has 1 saturated heterocycles. The summed E-state index contributed by atoms with van der Waals surface area (Å²) in [6.07, 6.45) is 3.86. The molecule has 0 aliphatic carbocycles. The number of ether oxygens (including phenoxy) is 1. The number of guanidine groups is 1. The minimum absolute atomic E-state index is 0.342. The minimum Gasteiger partial charge on any atom is -0.439 e. The van der Waals surface area contributed by atoms with Crippen molar-refractivity contribution in [1.29, 1.82) is 0 Å². The Balaban J connectivity index is 1.65. The van der Waals surface area contributed by atoms with Crippen molar-refractivity contribution in [3.8, 4) is 11.6 Å². The first-order valence-corrected chi connectivity index (χ1v) is 10.7. The molecule has 1 aromatic carbocycles. The van der Waals surface area contributed by atoms with Crippen LogP contribution in [0.4, 0.5) is 4.39 Å². The molecule has 0 bridgehead atoms. The fourth-order valence-corrected chi connectivity index (χ4v) is 3.52.